The first-order chi connectivity index (χ1) is 16.6. The van der Waals surface area contributed by atoms with E-state index in [1.807, 2.05) is 12.1 Å². The van der Waals surface area contributed by atoms with Crippen molar-refractivity contribution in [3.05, 3.63) is 70.5 Å². The zero-order valence-corrected chi connectivity index (χ0v) is 20.0. The fourth-order valence-electron chi connectivity index (χ4n) is 6.71. The summed E-state index contributed by atoms with van der Waals surface area (Å²) < 4.78 is 20.4. The fraction of sp³-hybridized carbons (Fsp3) is 0.552. The first kappa shape index (κ1) is 22.1. The lowest BCUT2D eigenvalue weighted by Crippen LogP contribution is -2.43. The molecular weight excluding hydrogens is 425 g/mol. The maximum atomic E-state index is 13.8. The number of halogens is 1. The van der Waals surface area contributed by atoms with Crippen LogP contribution in [0.25, 0.3) is 0 Å². The van der Waals surface area contributed by atoms with Crippen molar-refractivity contribution in [2.75, 3.05) is 13.1 Å². The van der Waals surface area contributed by atoms with Crippen LogP contribution in [0, 0.1) is 5.82 Å². The molecule has 2 N–H and O–H groups in total. The second-order valence-electron chi connectivity index (χ2n) is 10.9. The number of nitrogens with two attached hydrogens (primary N) is 1. The molecule has 2 saturated carbocycles. The van der Waals surface area contributed by atoms with Gasteiger partial charge in [0, 0.05) is 19.0 Å². The summed E-state index contributed by atoms with van der Waals surface area (Å²) in [6, 6.07) is 15.0. The van der Waals surface area contributed by atoms with E-state index in [1.165, 1.54) is 55.2 Å². The van der Waals surface area contributed by atoms with Gasteiger partial charge in [-0.3, -0.25) is 0 Å². The van der Waals surface area contributed by atoms with Gasteiger partial charge in [-0.15, -0.1) is 0 Å². The van der Waals surface area contributed by atoms with Crippen LogP contribution in [0.5, 0.6) is 0 Å². The lowest BCUT2D eigenvalue weighted by molar-refractivity contribution is 0.0682. The van der Waals surface area contributed by atoms with E-state index in [0.717, 1.165) is 43.8 Å². The van der Waals surface area contributed by atoms with Crippen LogP contribution in [0.2, 0.25) is 0 Å². The average molecular weight is 462 g/mol. The number of rotatable bonds is 2. The van der Waals surface area contributed by atoms with Gasteiger partial charge in [0.25, 0.3) is 6.02 Å². The highest BCUT2D eigenvalue weighted by Crippen LogP contribution is 2.42. The normalized spacial score (nSPS) is 29.6. The van der Waals surface area contributed by atoms with Crippen molar-refractivity contribution in [3.63, 3.8) is 0 Å². The first-order valence-corrected chi connectivity index (χ1v) is 13.2. The van der Waals surface area contributed by atoms with Gasteiger partial charge in [0.05, 0.1) is 12.6 Å². The van der Waals surface area contributed by atoms with E-state index in [0.29, 0.717) is 12.5 Å². The highest BCUT2D eigenvalue weighted by Gasteiger charge is 2.46. The Morgan fingerprint density at radius 1 is 0.971 bits per heavy atom. The van der Waals surface area contributed by atoms with Crippen LogP contribution < -0.4 is 5.73 Å². The van der Waals surface area contributed by atoms with Crippen LogP contribution in [0.1, 0.15) is 92.0 Å². The van der Waals surface area contributed by atoms with Gasteiger partial charge in [0.15, 0.2) is 0 Å². The van der Waals surface area contributed by atoms with Gasteiger partial charge in [-0.05, 0) is 72.4 Å². The summed E-state index contributed by atoms with van der Waals surface area (Å²) in [6.45, 7) is 1.54. The van der Waals surface area contributed by atoms with Gasteiger partial charge >= 0.3 is 0 Å². The van der Waals surface area contributed by atoms with Gasteiger partial charge in [0.2, 0.25) is 0 Å². The number of fused-ring (bicyclic) bond motifs is 1. The minimum atomic E-state index is -0.230. The average Bonchev–Trinajstić information content (AvgIpc) is 3.31. The number of benzene rings is 2. The Labute approximate surface area is 202 Å². The highest BCUT2D eigenvalue weighted by atomic mass is 19.1. The maximum absolute atomic E-state index is 13.8. The minimum Gasteiger partial charge on any atom is -0.456 e. The summed E-state index contributed by atoms with van der Waals surface area (Å²) in [5.41, 5.74) is 11.3. The molecule has 2 aromatic carbocycles. The quantitative estimate of drug-likeness (QED) is 0.571. The maximum Gasteiger partial charge on any atom is 0.288 e. The van der Waals surface area contributed by atoms with Gasteiger partial charge in [-0.2, -0.15) is 0 Å². The molecule has 5 heteroatoms. The van der Waals surface area contributed by atoms with Gasteiger partial charge < -0.3 is 15.4 Å². The fourth-order valence-corrected chi connectivity index (χ4v) is 6.71. The lowest BCUT2D eigenvalue weighted by Gasteiger charge is -2.39. The van der Waals surface area contributed by atoms with Crippen LogP contribution in [-0.2, 0) is 11.2 Å². The number of ether oxygens (including phenoxy) is 1. The summed E-state index contributed by atoms with van der Waals surface area (Å²) >= 11 is 0. The van der Waals surface area contributed by atoms with E-state index < -0.39 is 0 Å². The molecule has 6 rings (SSSR count). The van der Waals surface area contributed by atoms with Crippen molar-refractivity contribution < 1.29 is 9.13 Å². The van der Waals surface area contributed by atoms with Crippen molar-refractivity contribution in [1.82, 2.24) is 4.90 Å². The molecule has 0 bridgehead atoms. The summed E-state index contributed by atoms with van der Waals surface area (Å²) in [4.78, 5) is 7.19. The Bertz CT molecular complexity index is 1060. The molecule has 4 nitrogen and oxygen atoms in total. The SMILES string of the molecule is N[C@H]1CC[C@]2(CN=C(N3CCc4cc(C5CCCCCC5)ccc4[C@@H]3c3ccc(F)cc3)O2)C1. The topological polar surface area (TPSA) is 50.8 Å². The smallest absolute Gasteiger partial charge is 0.288 e. The summed E-state index contributed by atoms with van der Waals surface area (Å²) in [5.74, 6) is 0.479. The van der Waals surface area contributed by atoms with E-state index in [4.69, 9.17) is 15.5 Å². The van der Waals surface area contributed by atoms with Gasteiger partial charge in [0.1, 0.15) is 11.4 Å². The molecule has 3 atom stereocenters. The third kappa shape index (κ3) is 4.13. The standard InChI is InChI=1S/C29H36FN3O/c30-24-10-7-21(8-11-24)27-26-12-9-22(20-5-3-1-2-4-6-20)17-23(26)14-16-33(27)28-32-19-29(34-28)15-13-25(31)18-29/h7-12,17,20,25,27H,1-6,13-16,18-19,31H2/t25-,27-,29+/m0/s1. The molecule has 34 heavy (non-hydrogen) atoms. The largest absolute Gasteiger partial charge is 0.456 e. The second-order valence-corrected chi connectivity index (χ2v) is 10.9. The minimum absolute atomic E-state index is 0.0171. The van der Waals surface area contributed by atoms with Crippen molar-refractivity contribution in [2.45, 2.75) is 87.8 Å². The molecular formula is C29H36FN3O. The number of hydrogen-bond donors (Lipinski definition) is 1. The molecule has 180 valence electrons. The van der Waals surface area contributed by atoms with E-state index in [-0.39, 0.29) is 23.5 Å². The number of aliphatic imine (C=N–C) groups is 1. The second kappa shape index (κ2) is 8.99. The molecule has 0 aromatic heterocycles. The van der Waals surface area contributed by atoms with E-state index in [1.54, 1.807) is 12.1 Å². The molecule has 0 saturated heterocycles. The van der Waals surface area contributed by atoms with Crippen LogP contribution in [0.3, 0.4) is 0 Å². The zero-order chi connectivity index (χ0) is 23.1. The predicted molar refractivity (Wildman–Crippen MR) is 133 cm³/mol. The monoisotopic (exact) mass is 461 g/mol. The number of nitrogens with zero attached hydrogens (tertiary/aromatic N) is 2. The van der Waals surface area contributed by atoms with Crippen molar-refractivity contribution >= 4 is 6.02 Å². The van der Waals surface area contributed by atoms with Crippen LogP contribution >= 0.6 is 0 Å². The Hall–Kier alpha value is -2.40. The van der Waals surface area contributed by atoms with Crippen LogP contribution in [0.4, 0.5) is 4.39 Å². The highest BCUT2D eigenvalue weighted by molar-refractivity contribution is 5.78. The molecule has 4 aliphatic rings. The van der Waals surface area contributed by atoms with Crippen LogP contribution in [0.15, 0.2) is 47.5 Å². The summed E-state index contributed by atoms with van der Waals surface area (Å²) in [5, 5.41) is 0. The van der Waals surface area contributed by atoms with Crippen LogP contribution in [-0.4, -0.2) is 35.7 Å². The zero-order valence-electron chi connectivity index (χ0n) is 20.0. The molecule has 0 radical (unpaired) electrons. The van der Waals surface area contributed by atoms with Gasteiger partial charge in [-0.25, -0.2) is 9.38 Å². The third-order valence-corrected chi connectivity index (χ3v) is 8.57. The molecule has 1 spiro atoms. The van der Waals surface area contributed by atoms with E-state index >= 15 is 0 Å². The van der Waals surface area contributed by atoms with E-state index in [9.17, 15) is 4.39 Å². The molecule has 2 aliphatic carbocycles. The number of hydrogen-bond acceptors (Lipinski definition) is 4. The molecule has 2 heterocycles. The van der Waals surface area contributed by atoms with Crippen molar-refractivity contribution in [1.29, 1.82) is 0 Å². The van der Waals surface area contributed by atoms with E-state index in [2.05, 4.69) is 23.1 Å². The molecule has 0 amide bonds. The third-order valence-electron chi connectivity index (χ3n) is 8.57. The molecule has 2 aromatic rings. The Balaban J connectivity index is 1.33. The first-order valence-electron chi connectivity index (χ1n) is 13.2. The Kier molecular flexibility index (Phi) is 5.84. The van der Waals surface area contributed by atoms with Crippen molar-refractivity contribution in [2.24, 2.45) is 10.7 Å². The molecule has 2 fully saturated rings. The lowest BCUT2D eigenvalue weighted by atomic mass is 9.84. The Morgan fingerprint density at radius 3 is 2.47 bits per heavy atom. The summed E-state index contributed by atoms with van der Waals surface area (Å²) in [6.07, 6.45) is 11.9. The molecule has 2 aliphatic heterocycles. The Morgan fingerprint density at radius 2 is 1.74 bits per heavy atom. The van der Waals surface area contributed by atoms with Crippen molar-refractivity contribution in [3.8, 4) is 0 Å². The predicted octanol–water partition coefficient (Wildman–Crippen LogP) is 5.85. The summed E-state index contributed by atoms with van der Waals surface area (Å²) in [7, 11) is 0. The molecule has 0 unspecified atom stereocenters. The number of amidine groups is 1. The van der Waals surface area contributed by atoms with Gasteiger partial charge in [-0.1, -0.05) is 56.0 Å².